The SMILES string of the molecule is N/C(=N/O)C1CN(Cc2ccc(F)c(Cl)c2)CCO1. The third-order valence-electron chi connectivity index (χ3n) is 2.99. The minimum atomic E-state index is -0.429. The zero-order valence-electron chi connectivity index (χ0n) is 10.2. The van der Waals surface area contributed by atoms with Crippen molar-refractivity contribution in [2.24, 2.45) is 10.9 Å². The normalized spacial score (nSPS) is 21.6. The summed E-state index contributed by atoms with van der Waals surface area (Å²) in [4.78, 5) is 2.08. The molecule has 1 atom stereocenters. The summed E-state index contributed by atoms with van der Waals surface area (Å²) in [5.74, 6) is -0.372. The number of nitrogens with zero attached hydrogens (tertiary/aromatic N) is 2. The monoisotopic (exact) mass is 287 g/mol. The average Bonchev–Trinajstić information content (AvgIpc) is 2.42. The molecule has 19 heavy (non-hydrogen) atoms. The molecule has 1 aromatic carbocycles. The summed E-state index contributed by atoms with van der Waals surface area (Å²) >= 11 is 5.74. The maximum Gasteiger partial charge on any atom is 0.169 e. The fourth-order valence-corrected chi connectivity index (χ4v) is 2.19. The van der Waals surface area contributed by atoms with Crippen LogP contribution in [-0.4, -0.2) is 41.7 Å². The highest BCUT2D eigenvalue weighted by molar-refractivity contribution is 6.30. The molecule has 5 nitrogen and oxygen atoms in total. The third kappa shape index (κ3) is 3.56. The molecule has 0 radical (unpaired) electrons. The van der Waals surface area contributed by atoms with Gasteiger partial charge in [-0.3, -0.25) is 4.90 Å². The second-order valence-electron chi connectivity index (χ2n) is 4.37. The number of hydrogen-bond donors (Lipinski definition) is 2. The van der Waals surface area contributed by atoms with Crippen LogP contribution in [0.1, 0.15) is 5.56 Å². The van der Waals surface area contributed by atoms with Gasteiger partial charge in [0.2, 0.25) is 0 Å². The van der Waals surface area contributed by atoms with Crippen molar-refractivity contribution in [1.29, 1.82) is 0 Å². The van der Waals surface area contributed by atoms with Gasteiger partial charge in [-0.15, -0.1) is 0 Å². The Kier molecular flexibility index (Phi) is 4.57. The van der Waals surface area contributed by atoms with E-state index in [4.69, 9.17) is 27.3 Å². The van der Waals surface area contributed by atoms with Crippen LogP contribution in [0.4, 0.5) is 4.39 Å². The largest absolute Gasteiger partial charge is 0.409 e. The molecule has 1 aromatic rings. The summed E-state index contributed by atoms with van der Waals surface area (Å²) in [6.07, 6.45) is -0.422. The van der Waals surface area contributed by atoms with Gasteiger partial charge in [0.15, 0.2) is 5.84 Å². The Balaban J connectivity index is 2.00. The number of rotatable bonds is 3. The first-order chi connectivity index (χ1) is 9.10. The van der Waals surface area contributed by atoms with E-state index in [2.05, 4.69) is 10.1 Å². The Hall–Kier alpha value is -1.37. The molecule has 1 aliphatic rings. The number of benzene rings is 1. The lowest BCUT2D eigenvalue weighted by molar-refractivity contribution is 0.00141. The van der Waals surface area contributed by atoms with Crippen molar-refractivity contribution in [3.05, 3.63) is 34.6 Å². The van der Waals surface area contributed by atoms with Crippen molar-refractivity contribution in [3.8, 4) is 0 Å². The first-order valence-electron chi connectivity index (χ1n) is 5.85. The number of oxime groups is 1. The van der Waals surface area contributed by atoms with Gasteiger partial charge < -0.3 is 15.7 Å². The van der Waals surface area contributed by atoms with Crippen LogP contribution in [0.15, 0.2) is 23.4 Å². The van der Waals surface area contributed by atoms with E-state index in [1.807, 2.05) is 0 Å². The predicted molar refractivity (Wildman–Crippen MR) is 69.8 cm³/mol. The van der Waals surface area contributed by atoms with Crippen molar-refractivity contribution in [2.45, 2.75) is 12.6 Å². The van der Waals surface area contributed by atoms with Crippen LogP contribution in [0.3, 0.4) is 0 Å². The van der Waals surface area contributed by atoms with E-state index >= 15 is 0 Å². The van der Waals surface area contributed by atoms with Gasteiger partial charge >= 0.3 is 0 Å². The van der Waals surface area contributed by atoms with E-state index in [1.165, 1.54) is 6.07 Å². The van der Waals surface area contributed by atoms with Gasteiger partial charge in [-0.2, -0.15) is 0 Å². The van der Waals surface area contributed by atoms with Crippen LogP contribution in [0.2, 0.25) is 5.02 Å². The summed E-state index contributed by atoms with van der Waals surface area (Å²) in [5, 5.41) is 11.7. The van der Waals surface area contributed by atoms with E-state index in [0.29, 0.717) is 19.7 Å². The lowest BCUT2D eigenvalue weighted by atomic mass is 10.2. The summed E-state index contributed by atoms with van der Waals surface area (Å²) in [5.41, 5.74) is 6.43. The number of halogens is 2. The molecule has 1 unspecified atom stereocenters. The van der Waals surface area contributed by atoms with Gasteiger partial charge in [-0.1, -0.05) is 22.8 Å². The van der Waals surface area contributed by atoms with Crippen LogP contribution < -0.4 is 5.73 Å². The minimum Gasteiger partial charge on any atom is -0.409 e. The zero-order valence-corrected chi connectivity index (χ0v) is 11.0. The number of nitrogens with two attached hydrogens (primary N) is 1. The second-order valence-corrected chi connectivity index (χ2v) is 4.78. The molecular formula is C12H15ClFN3O2. The lowest BCUT2D eigenvalue weighted by Crippen LogP contribution is -2.48. The molecule has 0 saturated carbocycles. The Labute approximate surface area is 115 Å². The fourth-order valence-electron chi connectivity index (χ4n) is 1.99. The molecule has 104 valence electrons. The van der Waals surface area contributed by atoms with Crippen molar-refractivity contribution in [1.82, 2.24) is 4.90 Å². The van der Waals surface area contributed by atoms with Crippen LogP contribution >= 0.6 is 11.6 Å². The molecule has 0 bridgehead atoms. The van der Waals surface area contributed by atoms with Crippen molar-refractivity contribution in [2.75, 3.05) is 19.7 Å². The molecule has 0 spiro atoms. The average molecular weight is 288 g/mol. The van der Waals surface area contributed by atoms with Crippen LogP contribution in [0.25, 0.3) is 0 Å². The Bertz CT molecular complexity index is 484. The van der Waals surface area contributed by atoms with Gasteiger partial charge in [0.25, 0.3) is 0 Å². The molecule has 0 aromatic heterocycles. The standard InChI is InChI=1S/C12H15ClFN3O2/c13-9-5-8(1-2-10(9)14)6-17-3-4-19-11(7-17)12(15)16-18/h1-2,5,11,18H,3-4,6-7H2,(H2,15,16). The summed E-state index contributed by atoms with van der Waals surface area (Å²) in [6, 6.07) is 4.64. The summed E-state index contributed by atoms with van der Waals surface area (Å²) in [7, 11) is 0. The Morgan fingerprint density at radius 3 is 3.11 bits per heavy atom. The molecule has 0 amide bonds. The summed E-state index contributed by atoms with van der Waals surface area (Å²) in [6.45, 7) is 2.35. The van der Waals surface area contributed by atoms with Crippen molar-refractivity contribution in [3.63, 3.8) is 0 Å². The molecule has 3 N–H and O–H groups in total. The van der Waals surface area contributed by atoms with E-state index in [-0.39, 0.29) is 10.9 Å². The molecular weight excluding hydrogens is 273 g/mol. The highest BCUT2D eigenvalue weighted by atomic mass is 35.5. The quantitative estimate of drug-likeness (QED) is 0.382. The molecule has 1 heterocycles. The second kappa shape index (κ2) is 6.18. The Morgan fingerprint density at radius 1 is 1.63 bits per heavy atom. The molecule has 7 heteroatoms. The number of amidine groups is 1. The van der Waals surface area contributed by atoms with Crippen molar-refractivity contribution >= 4 is 17.4 Å². The Morgan fingerprint density at radius 2 is 2.42 bits per heavy atom. The van der Waals surface area contributed by atoms with Gasteiger partial charge in [-0.05, 0) is 17.7 Å². The lowest BCUT2D eigenvalue weighted by Gasteiger charge is -2.32. The van der Waals surface area contributed by atoms with Gasteiger partial charge in [0.05, 0.1) is 11.6 Å². The smallest absolute Gasteiger partial charge is 0.169 e. The maximum atomic E-state index is 13.1. The summed E-state index contributed by atoms with van der Waals surface area (Å²) < 4.78 is 18.5. The number of hydrogen-bond acceptors (Lipinski definition) is 4. The highest BCUT2D eigenvalue weighted by Crippen LogP contribution is 2.18. The van der Waals surface area contributed by atoms with Crippen molar-refractivity contribution < 1.29 is 14.3 Å². The maximum absolute atomic E-state index is 13.1. The fraction of sp³-hybridized carbons (Fsp3) is 0.417. The van der Waals surface area contributed by atoms with Gasteiger partial charge in [-0.25, -0.2) is 4.39 Å². The zero-order chi connectivity index (χ0) is 13.8. The van der Waals surface area contributed by atoms with Crippen LogP contribution in [-0.2, 0) is 11.3 Å². The molecule has 0 aliphatic carbocycles. The number of ether oxygens (including phenoxy) is 1. The molecule has 1 saturated heterocycles. The van der Waals surface area contributed by atoms with Crippen LogP contribution in [0, 0.1) is 5.82 Å². The third-order valence-corrected chi connectivity index (χ3v) is 3.28. The van der Waals surface area contributed by atoms with E-state index in [9.17, 15) is 4.39 Å². The topological polar surface area (TPSA) is 71.1 Å². The first-order valence-corrected chi connectivity index (χ1v) is 6.23. The van der Waals surface area contributed by atoms with E-state index in [1.54, 1.807) is 12.1 Å². The van der Waals surface area contributed by atoms with Gasteiger partial charge in [0, 0.05) is 19.6 Å². The molecule has 1 aliphatic heterocycles. The van der Waals surface area contributed by atoms with E-state index < -0.39 is 11.9 Å². The molecule has 1 fully saturated rings. The minimum absolute atomic E-state index is 0.0573. The van der Waals surface area contributed by atoms with Gasteiger partial charge in [0.1, 0.15) is 11.9 Å². The van der Waals surface area contributed by atoms with Crippen LogP contribution in [0.5, 0.6) is 0 Å². The van der Waals surface area contributed by atoms with E-state index in [0.717, 1.165) is 12.1 Å². The predicted octanol–water partition coefficient (Wildman–Crippen LogP) is 1.43. The highest BCUT2D eigenvalue weighted by Gasteiger charge is 2.23. The first kappa shape index (κ1) is 14.0. The molecule has 2 rings (SSSR count). The number of morpholine rings is 1.